The Morgan fingerprint density at radius 3 is 2.69 bits per heavy atom. The van der Waals surface area contributed by atoms with Gasteiger partial charge in [0.2, 0.25) is 11.2 Å². The minimum atomic E-state index is -0.287. The van der Waals surface area contributed by atoms with Crippen LogP contribution in [0.3, 0.4) is 0 Å². The van der Waals surface area contributed by atoms with Gasteiger partial charge in [-0.2, -0.15) is 0 Å². The van der Waals surface area contributed by atoms with E-state index in [-0.39, 0.29) is 16.9 Å². The van der Waals surface area contributed by atoms with E-state index >= 15 is 0 Å². The molecule has 1 aliphatic rings. The first-order valence-electron chi connectivity index (χ1n) is 9.89. The second-order valence-electron chi connectivity index (χ2n) is 7.44. The first-order valence-corrected chi connectivity index (χ1v) is 9.89. The maximum Gasteiger partial charge on any atom is 0.235 e. The van der Waals surface area contributed by atoms with E-state index in [1.165, 1.54) is 12.7 Å². The van der Waals surface area contributed by atoms with Crippen LogP contribution in [0.15, 0.2) is 51.9 Å². The molecule has 0 aliphatic carbocycles. The number of phenolic OH excluding ortho intramolecular Hbond substituents is 1. The predicted octanol–water partition coefficient (Wildman–Crippen LogP) is 4.67. The van der Waals surface area contributed by atoms with Crippen LogP contribution >= 0.6 is 0 Å². The lowest BCUT2D eigenvalue weighted by atomic mass is 10.0. The number of hydrogen-bond donors (Lipinski definition) is 1. The van der Waals surface area contributed by atoms with Gasteiger partial charge >= 0.3 is 0 Å². The Labute approximate surface area is 169 Å². The zero-order chi connectivity index (χ0) is 20.4. The molecule has 1 fully saturated rings. The number of aromatic hydroxyl groups is 1. The summed E-state index contributed by atoms with van der Waals surface area (Å²) in [6.45, 7) is 3.70. The van der Waals surface area contributed by atoms with Crippen LogP contribution < -0.4 is 14.9 Å². The molecule has 152 valence electrons. The molecule has 6 heteroatoms. The quantitative estimate of drug-likeness (QED) is 0.677. The van der Waals surface area contributed by atoms with Gasteiger partial charge in [-0.25, -0.2) is 0 Å². The van der Waals surface area contributed by atoms with Crippen LogP contribution in [0.5, 0.6) is 23.0 Å². The van der Waals surface area contributed by atoms with Gasteiger partial charge in [-0.15, -0.1) is 0 Å². The molecule has 0 spiro atoms. The average Bonchev–Trinajstić information content (AvgIpc) is 2.74. The van der Waals surface area contributed by atoms with Gasteiger partial charge in [-0.1, -0.05) is 18.6 Å². The van der Waals surface area contributed by atoms with Crippen LogP contribution in [-0.2, 0) is 6.54 Å². The van der Waals surface area contributed by atoms with E-state index in [4.69, 9.17) is 13.9 Å². The fourth-order valence-electron chi connectivity index (χ4n) is 3.87. The molecule has 2 heterocycles. The molecular weight excluding hydrogens is 370 g/mol. The number of likely N-dealkylation sites (tertiary alicyclic amines) is 1. The predicted molar refractivity (Wildman–Crippen MR) is 111 cm³/mol. The van der Waals surface area contributed by atoms with Crippen LogP contribution in [0.4, 0.5) is 0 Å². The van der Waals surface area contributed by atoms with Gasteiger partial charge in [0.15, 0.2) is 11.5 Å². The topological polar surface area (TPSA) is 72.1 Å². The van der Waals surface area contributed by atoms with Gasteiger partial charge < -0.3 is 19.0 Å². The summed E-state index contributed by atoms with van der Waals surface area (Å²) in [6.07, 6.45) is 4.79. The number of fused-ring (bicyclic) bond motifs is 1. The highest BCUT2D eigenvalue weighted by atomic mass is 16.5. The number of nitrogens with zero attached hydrogens (tertiary/aromatic N) is 1. The smallest absolute Gasteiger partial charge is 0.235 e. The Hall–Kier alpha value is -2.99. The maximum atomic E-state index is 13.0. The lowest BCUT2D eigenvalue weighted by Crippen LogP contribution is -2.36. The van der Waals surface area contributed by atoms with Crippen LogP contribution in [0, 0.1) is 0 Å². The van der Waals surface area contributed by atoms with Crippen molar-refractivity contribution in [3.8, 4) is 23.0 Å². The molecule has 0 bridgehead atoms. The highest BCUT2D eigenvalue weighted by molar-refractivity contribution is 5.83. The molecule has 6 nitrogen and oxygen atoms in total. The fourth-order valence-corrected chi connectivity index (χ4v) is 3.87. The zero-order valence-corrected chi connectivity index (χ0v) is 16.7. The standard InChI is InChI=1S/C23H25NO5/c1-15-7-5-6-12-24(15)13-17-18(25)11-10-16-22(26)21(14-28-23(16)17)29-20-9-4-3-8-19(20)27-2/h3-4,8-11,14-15,25H,5-7,12-13H2,1-2H3/t15-/m1/s1. The number of ether oxygens (including phenoxy) is 2. The lowest BCUT2D eigenvalue weighted by Gasteiger charge is -2.33. The third-order valence-corrected chi connectivity index (χ3v) is 5.58. The molecule has 0 radical (unpaired) electrons. The molecule has 1 N–H and O–H groups in total. The summed E-state index contributed by atoms with van der Waals surface area (Å²) in [6, 6.07) is 10.7. The molecule has 4 rings (SSSR count). The minimum absolute atomic E-state index is 0.0741. The first kappa shape index (κ1) is 19.3. The second kappa shape index (κ2) is 8.17. The van der Waals surface area contributed by atoms with Crippen LogP contribution in [-0.4, -0.2) is 29.7 Å². The average molecular weight is 395 g/mol. The first-order chi connectivity index (χ1) is 14.1. The van der Waals surface area contributed by atoms with Gasteiger partial charge in [0.05, 0.1) is 18.1 Å². The van der Waals surface area contributed by atoms with Crippen LogP contribution in [0.2, 0.25) is 0 Å². The van der Waals surface area contributed by atoms with E-state index in [1.807, 2.05) is 6.07 Å². The molecule has 1 atom stereocenters. The number of hydrogen-bond acceptors (Lipinski definition) is 6. The van der Waals surface area contributed by atoms with Crippen molar-refractivity contribution in [2.45, 2.75) is 38.8 Å². The van der Waals surface area contributed by atoms with Crippen LogP contribution in [0.1, 0.15) is 31.7 Å². The Bertz CT molecular complexity index is 1070. The third-order valence-electron chi connectivity index (χ3n) is 5.58. The number of rotatable bonds is 5. The highest BCUT2D eigenvalue weighted by Crippen LogP contribution is 2.33. The summed E-state index contributed by atoms with van der Waals surface area (Å²) in [5.41, 5.74) is 0.752. The van der Waals surface area contributed by atoms with E-state index in [0.29, 0.717) is 40.6 Å². The van der Waals surface area contributed by atoms with Crippen LogP contribution in [0.25, 0.3) is 11.0 Å². The van der Waals surface area contributed by atoms with Crippen molar-refractivity contribution in [2.24, 2.45) is 0 Å². The Morgan fingerprint density at radius 1 is 1.14 bits per heavy atom. The molecule has 1 aromatic heterocycles. The normalized spacial score (nSPS) is 17.4. The Balaban J connectivity index is 1.72. The van der Waals surface area contributed by atoms with Crippen molar-refractivity contribution < 1.29 is 19.0 Å². The summed E-state index contributed by atoms with van der Waals surface area (Å²) in [7, 11) is 1.54. The fraction of sp³-hybridized carbons (Fsp3) is 0.348. The van der Waals surface area contributed by atoms with E-state index in [2.05, 4.69) is 11.8 Å². The third kappa shape index (κ3) is 3.80. The molecule has 3 aromatic rings. The summed E-state index contributed by atoms with van der Waals surface area (Å²) in [5, 5.41) is 10.8. The molecule has 2 aromatic carbocycles. The largest absolute Gasteiger partial charge is 0.507 e. The van der Waals surface area contributed by atoms with Gasteiger partial charge in [0.25, 0.3) is 0 Å². The summed E-state index contributed by atoms with van der Waals surface area (Å²) in [4.78, 5) is 15.3. The Morgan fingerprint density at radius 2 is 1.93 bits per heavy atom. The zero-order valence-electron chi connectivity index (χ0n) is 16.7. The van der Waals surface area contributed by atoms with Gasteiger partial charge in [-0.05, 0) is 50.6 Å². The summed E-state index contributed by atoms with van der Waals surface area (Å²) < 4.78 is 16.9. The van der Waals surface area contributed by atoms with E-state index in [0.717, 1.165) is 19.4 Å². The van der Waals surface area contributed by atoms with Gasteiger partial charge in [-0.3, -0.25) is 9.69 Å². The number of benzene rings is 2. The monoisotopic (exact) mass is 395 g/mol. The maximum absolute atomic E-state index is 13.0. The van der Waals surface area contributed by atoms with Crippen molar-refractivity contribution in [2.75, 3.05) is 13.7 Å². The van der Waals surface area contributed by atoms with Crippen molar-refractivity contribution in [3.05, 3.63) is 58.4 Å². The molecule has 1 aliphatic heterocycles. The molecule has 0 unspecified atom stereocenters. The van der Waals surface area contributed by atoms with E-state index in [9.17, 15) is 9.90 Å². The Kier molecular flexibility index (Phi) is 5.45. The summed E-state index contributed by atoms with van der Waals surface area (Å²) in [5.74, 6) is 1.17. The highest BCUT2D eigenvalue weighted by Gasteiger charge is 2.22. The molecule has 0 amide bonds. The number of para-hydroxylation sites is 2. The number of piperidine rings is 1. The lowest BCUT2D eigenvalue weighted by molar-refractivity contribution is 0.151. The minimum Gasteiger partial charge on any atom is -0.507 e. The molecule has 0 saturated carbocycles. The number of phenols is 1. The SMILES string of the molecule is COc1ccccc1Oc1coc2c(CN3CCCC[C@H]3C)c(O)ccc2c1=O. The van der Waals surface area contributed by atoms with Gasteiger partial charge in [0.1, 0.15) is 17.6 Å². The van der Waals surface area contributed by atoms with Crippen molar-refractivity contribution in [1.29, 1.82) is 0 Å². The summed E-state index contributed by atoms with van der Waals surface area (Å²) >= 11 is 0. The number of methoxy groups -OCH3 is 1. The van der Waals surface area contributed by atoms with Crippen molar-refractivity contribution >= 4 is 11.0 Å². The van der Waals surface area contributed by atoms with E-state index in [1.54, 1.807) is 37.4 Å². The molecular formula is C23H25NO5. The van der Waals surface area contributed by atoms with E-state index < -0.39 is 0 Å². The van der Waals surface area contributed by atoms with Crippen molar-refractivity contribution in [1.82, 2.24) is 4.90 Å². The molecule has 29 heavy (non-hydrogen) atoms. The molecule has 1 saturated heterocycles. The van der Waals surface area contributed by atoms with Gasteiger partial charge in [0, 0.05) is 12.6 Å². The second-order valence-corrected chi connectivity index (χ2v) is 7.44. The van der Waals surface area contributed by atoms with Crippen molar-refractivity contribution in [3.63, 3.8) is 0 Å².